The molecule has 1 amide bonds. The average molecular weight is 435 g/mol. The topological polar surface area (TPSA) is 125 Å². The van der Waals surface area contributed by atoms with Crippen molar-refractivity contribution >= 4 is 21.6 Å². The molecule has 158 valence electrons. The molecule has 0 saturated carbocycles. The van der Waals surface area contributed by atoms with Crippen molar-refractivity contribution in [2.45, 2.75) is 24.9 Å². The molecule has 4 N–H and O–H groups in total. The lowest BCUT2D eigenvalue weighted by Crippen LogP contribution is -2.22. The molecule has 0 saturated heterocycles. The molecule has 0 aromatic heterocycles. The minimum Gasteiger partial charge on any atom is -0.380 e. The van der Waals surface area contributed by atoms with Crippen LogP contribution in [0.15, 0.2) is 71.6 Å². The minimum absolute atomic E-state index is 0.123. The number of primary sulfonamides is 1. The van der Waals surface area contributed by atoms with E-state index in [0.29, 0.717) is 24.3 Å². The van der Waals surface area contributed by atoms with Gasteiger partial charge in [0.05, 0.1) is 16.1 Å². The number of nitrogens with two attached hydrogens (primary N) is 1. The number of nitriles is 1. The van der Waals surface area contributed by atoms with Crippen LogP contribution in [0.5, 0.6) is 0 Å². The van der Waals surface area contributed by atoms with Gasteiger partial charge in [0.1, 0.15) is 6.07 Å². The van der Waals surface area contributed by atoms with Crippen LogP contribution in [0.3, 0.4) is 0 Å². The molecule has 0 aliphatic carbocycles. The number of nitrogens with one attached hydrogen (secondary N) is 2. The molecule has 0 spiro atoms. The smallest absolute Gasteiger partial charge is 0.251 e. The van der Waals surface area contributed by atoms with Crippen LogP contribution in [0.25, 0.3) is 0 Å². The maximum Gasteiger partial charge on any atom is 0.251 e. The Morgan fingerprint density at radius 2 is 1.74 bits per heavy atom. The monoisotopic (exact) mass is 434 g/mol. The Labute approximate surface area is 181 Å². The zero-order valence-electron chi connectivity index (χ0n) is 16.9. The zero-order valence-corrected chi connectivity index (χ0v) is 17.7. The third-order valence-electron chi connectivity index (χ3n) is 4.69. The van der Waals surface area contributed by atoms with E-state index < -0.39 is 10.0 Å². The van der Waals surface area contributed by atoms with Crippen molar-refractivity contribution in [3.63, 3.8) is 0 Å². The Morgan fingerprint density at radius 3 is 2.42 bits per heavy atom. The lowest BCUT2D eigenvalue weighted by molar-refractivity contribution is 0.0951. The van der Waals surface area contributed by atoms with Gasteiger partial charge in [-0.1, -0.05) is 42.0 Å². The third kappa shape index (κ3) is 5.92. The maximum atomic E-state index is 12.5. The highest BCUT2D eigenvalue weighted by Gasteiger charge is 2.12. The fraction of sp³-hybridized carbons (Fsp3) is 0.130. The van der Waals surface area contributed by atoms with Crippen LogP contribution in [-0.4, -0.2) is 14.3 Å². The maximum absolute atomic E-state index is 12.5. The molecule has 31 heavy (non-hydrogen) atoms. The number of sulfonamides is 1. The summed E-state index contributed by atoms with van der Waals surface area (Å²) in [5.74, 6) is -0.183. The lowest BCUT2D eigenvalue weighted by Gasteiger charge is -2.11. The summed E-state index contributed by atoms with van der Waals surface area (Å²) in [6.07, 6.45) is 0. The average Bonchev–Trinajstić information content (AvgIpc) is 2.76. The van der Waals surface area contributed by atoms with Gasteiger partial charge in [0.25, 0.3) is 5.91 Å². The molecule has 0 heterocycles. The highest BCUT2D eigenvalue weighted by Crippen LogP contribution is 2.20. The number of amides is 1. The summed E-state index contributed by atoms with van der Waals surface area (Å²) >= 11 is 0. The molecule has 0 radical (unpaired) electrons. The van der Waals surface area contributed by atoms with E-state index in [-0.39, 0.29) is 16.4 Å². The highest BCUT2D eigenvalue weighted by molar-refractivity contribution is 7.89. The van der Waals surface area contributed by atoms with Gasteiger partial charge >= 0.3 is 0 Å². The molecular formula is C23H22N4O3S. The highest BCUT2D eigenvalue weighted by atomic mass is 32.2. The first kappa shape index (κ1) is 22.0. The summed E-state index contributed by atoms with van der Waals surface area (Å²) in [6.45, 7) is 2.79. The summed E-state index contributed by atoms with van der Waals surface area (Å²) in [4.78, 5) is 12.4. The summed E-state index contributed by atoms with van der Waals surface area (Å²) in [5.41, 5.74) is 4.18. The number of nitrogens with zero attached hydrogens (tertiary/aromatic N) is 1. The molecule has 8 heteroatoms. The van der Waals surface area contributed by atoms with Crippen molar-refractivity contribution in [2.75, 3.05) is 5.32 Å². The van der Waals surface area contributed by atoms with Crippen LogP contribution in [-0.2, 0) is 23.1 Å². The van der Waals surface area contributed by atoms with Crippen LogP contribution >= 0.6 is 0 Å². The van der Waals surface area contributed by atoms with E-state index in [1.54, 1.807) is 18.2 Å². The minimum atomic E-state index is -3.89. The van der Waals surface area contributed by atoms with Crippen LogP contribution in [0.4, 0.5) is 5.69 Å². The van der Waals surface area contributed by atoms with E-state index in [9.17, 15) is 18.5 Å². The number of hydrogen-bond donors (Lipinski definition) is 3. The fourth-order valence-electron chi connectivity index (χ4n) is 2.96. The Balaban J connectivity index is 1.66. The molecule has 7 nitrogen and oxygen atoms in total. The van der Waals surface area contributed by atoms with Crippen molar-refractivity contribution in [3.8, 4) is 6.07 Å². The molecule has 0 unspecified atom stereocenters. The molecule has 0 bridgehead atoms. The zero-order chi connectivity index (χ0) is 22.4. The molecular weight excluding hydrogens is 412 g/mol. The quantitative estimate of drug-likeness (QED) is 0.527. The van der Waals surface area contributed by atoms with E-state index in [0.717, 1.165) is 16.7 Å². The molecule has 0 aliphatic rings. The predicted molar refractivity (Wildman–Crippen MR) is 119 cm³/mol. The molecule has 3 rings (SSSR count). The summed E-state index contributed by atoms with van der Waals surface area (Å²) in [7, 11) is -3.89. The van der Waals surface area contributed by atoms with Gasteiger partial charge in [0, 0.05) is 18.7 Å². The van der Waals surface area contributed by atoms with Crippen LogP contribution in [0.2, 0.25) is 0 Å². The summed E-state index contributed by atoms with van der Waals surface area (Å²) in [6, 6.07) is 21.1. The van der Waals surface area contributed by atoms with E-state index >= 15 is 0 Å². The molecule has 0 atom stereocenters. The van der Waals surface area contributed by atoms with E-state index in [4.69, 9.17) is 5.14 Å². The Hall–Kier alpha value is -3.67. The van der Waals surface area contributed by atoms with Gasteiger partial charge < -0.3 is 10.6 Å². The molecule has 0 fully saturated rings. The van der Waals surface area contributed by atoms with Crippen LogP contribution in [0, 0.1) is 18.3 Å². The van der Waals surface area contributed by atoms with Gasteiger partial charge in [0.15, 0.2) is 0 Å². The number of carbonyl (C=O) groups excluding carboxylic acids is 1. The first-order valence-electron chi connectivity index (χ1n) is 9.50. The van der Waals surface area contributed by atoms with Crippen molar-refractivity contribution < 1.29 is 13.2 Å². The summed E-state index contributed by atoms with van der Waals surface area (Å²) in [5, 5.41) is 20.4. The Kier molecular flexibility index (Phi) is 6.70. The summed E-state index contributed by atoms with van der Waals surface area (Å²) < 4.78 is 22.9. The normalized spacial score (nSPS) is 10.9. The Bertz CT molecular complexity index is 1250. The van der Waals surface area contributed by atoms with Crippen molar-refractivity contribution in [1.29, 1.82) is 5.26 Å². The molecule has 3 aromatic carbocycles. The largest absolute Gasteiger partial charge is 0.380 e. The van der Waals surface area contributed by atoms with Gasteiger partial charge in [-0.15, -0.1) is 0 Å². The van der Waals surface area contributed by atoms with Crippen LogP contribution < -0.4 is 15.8 Å². The van der Waals surface area contributed by atoms with E-state index in [1.807, 2.05) is 43.3 Å². The number of benzene rings is 3. The van der Waals surface area contributed by atoms with Gasteiger partial charge in [-0.2, -0.15) is 5.26 Å². The second-order valence-corrected chi connectivity index (χ2v) is 8.65. The van der Waals surface area contributed by atoms with Crippen LogP contribution in [0.1, 0.15) is 32.6 Å². The van der Waals surface area contributed by atoms with Gasteiger partial charge in [-0.05, 0) is 48.4 Å². The number of aryl methyl sites for hydroxylation is 1. The van der Waals surface area contributed by atoms with Crippen molar-refractivity contribution in [1.82, 2.24) is 5.32 Å². The number of carbonyl (C=O) groups is 1. The standard InChI is InChI=1S/C23H22N4O3S/c1-16-5-7-17(8-6-16)14-27-23(28)19-4-2-3-18(11-19)15-26-22-10-9-21(31(25,29)30)12-20(22)13-24/h2-12,26H,14-15H2,1H3,(H,27,28)(H2,25,29,30). The first-order valence-corrected chi connectivity index (χ1v) is 11.0. The fourth-order valence-corrected chi connectivity index (χ4v) is 3.50. The number of rotatable bonds is 7. The van der Waals surface area contributed by atoms with Gasteiger partial charge in [-0.3, -0.25) is 4.79 Å². The number of anilines is 1. The number of hydrogen-bond acceptors (Lipinski definition) is 5. The predicted octanol–water partition coefficient (Wildman–Crippen LogP) is 3.06. The van der Waals surface area contributed by atoms with Gasteiger partial charge in [-0.25, -0.2) is 13.6 Å². The second-order valence-electron chi connectivity index (χ2n) is 7.09. The first-order chi connectivity index (χ1) is 14.8. The van der Waals surface area contributed by atoms with Crippen molar-refractivity contribution in [3.05, 3.63) is 94.5 Å². The third-order valence-corrected chi connectivity index (χ3v) is 5.60. The van der Waals surface area contributed by atoms with Crippen molar-refractivity contribution in [2.24, 2.45) is 5.14 Å². The second kappa shape index (κ2) is 9.43. The van der Waals surface area contributed by atoms with Gasteiger partial charge in [0.2, 0.25) is 10.0 Å². The molecule has 0 aliphatic heterocycles. The van der Waals surface area contributed by atoms with E-state index in [1.165, 1.54) is 18.2 Å². The molecule has 3 aromatic rings. The Morgan fingerprint density at radius 1 is 1.00 bits per heavy atom. The van der Waals surface area contributed by atoms with E-state index in [2.05, 4.69) is 10.6 Å². The lowest BCUT2D eigenvalue weighted by atomic mass is 10.1. The SMILES string of the molecule is Cc1ccc(CNC(=O)c2cccc(CNc3ccc(S(N)(=O)=O)cc3C#N)c2)cc1.